The second kappa shape index (κ2) is 4.71. The first-order chi connectivity index (χ1) is 8.04. The maximum Gasteiger partial charge on any atom is 0.573 e. The lowest BCUT2D eigenvalue weighted by atomic mass is 10.2. The predicted molar refractivity (Wildman–Crippen MR) is 48.3 cm³/mol. The quantitative estimate of drug-likeness (QED) is 0.673. The Kier molecular flexibility index (Phi) is 3.84. The lowest BCUT2D eigenvalue weighted by Gasteiger charge is -2.16. The van der Waals surface area contributed by atoms with E-state index in [0.29, 0.717) is 0 Å². The summed E-state index contributed by atoms with van der Waals surface area (Å²) in [6, 6.07) is 0.250. The van der Waals surface area contributed by atoms with Gasteiger partial charge in [0, 0.05) is 11.6 Å². The molecule has 0 aliphatic carbocycles. The molecule has 0 aliphatic heterocycles. The topological polar surface area (TPSA) is 42.1 Å². The van der Waals surface area contributed by atoms with Crippen LogP contribution in [0.5, 0.6) is 5.75 Å². The molecule has 0 aromatic carbocycles. The average molecular weight is 296 g/mol. The molecule has 0 amide bonds. The summed E-state index contributed by atoms with van der Waals surface area (Å²) in [5, 5.41) is 0. The highest BCUT2D eigenvalue weighted by molar-refractivity contribution is 6.17. The third-order valence-electron chi connectivity index (χ3n) is 1.75. The summed E-state index contributed by atoms with van der Waals surface area (Å²) in [6.07, 6.45) is -10.3. The Morgan fingerprint density at radius 2 is 1.78 bits per heavy atom. The van der Waals surface area contributed by atoms with Crippen LogP contribution < -0.4 is 10.3 Å². The van der Waals surface area contributed by atoms with Crippen molar-refractivity contribution < 1.29 is 31.1 Å². The molecule has 1 aromatic rings. The van der Waals surface area contributed by atoms with Gasteiger partial charge in [0.1, 0.15) is 11.4 Å². The zero-order chi connectivity index (χ0) is 14.1. The summed E-state index contributed by atoms with van der Waals surface area (Å²) in [6.45, 7) is 0. The number of ether oxygens (including phenoxy) is 1. The number of H-pyrrole nitrogens is 1. The van der Waals surface area contributed by atoms with Gasteiger partial charge < -0.3 is 9.72 Å². The van der Waals surface area contributed by atoms with Gasteiger partial charge in [0.15, 0.2) is 0 Å². The van der Waals surface area contributed by atoms with Gasteiger partial charge in [0.25, 0.3) is 5.56 Å². The molecule has 102 valence electrons. The first kappa shape index (κ1) is 14.7. The number of aromatic nitrogens is 1. The summed E-state index contributed by atoms with van der Waals surface area (Å²) in [7, 11) is 0. The number of aromatic amines is 1. The molecule has 0 unspecified atom stereocenters. The molecular formula is C8H4ClF6NO2. The molecule has 3 nitrogen and oxygen atoms in total. The lowest BCUT2D eigenvalue weighted by molar-refractivity contribution is -0.275. The van der Waals surface area contributed by atoms with E-state index >= 15 is 0 Å². The molecule has 10 heteroatoms. The van der Waals surface area contributed by atoms with Crippen LogP contribution in [0.15, 0.2) is 10.9 Å². The summed E-state index contributed by atoms with van der Waals surface area (Å²) in [4.78, 5) is 12.2. The van der Waals surface area contributed by atoms with Gasteiger partial charge in [-0.05, 0) is 0 Å². The van der Waals surface area contributed by atoms with Crippen LogP contribution in [0.25, 0.3) is 0 Å². The van der Waals surface area contributed by atoms with Crippen molar-refractivity contribution in [1.29, 1.82) is 0 Å². The van der Waals surface area contributed by atoms with E-state index < -0.39 is 41.0 Å². The van der Waals surface area contributed by atoms with Gasteiger partial charge in [-0.3, -0.25) is 4.79 Å². The molecule has 1 N–H and O–H groups in total. The van der Waals surface area contributed by atoms with Crippen molar-refractivity contribution in [2.45, 2.75) is 18.4 Å². The Bertz CT molecular complexity index is 492. The normalized spacial score (nSPS) is 12.6. The van der Waals surface area contributed by atoms with Crippen LogP contribution in [0, 0.1) is 0 Å². The number of hydrogen-bond acceptors (Lipinski definition) is 2. The second-order valence-electron chi connectivity index (χ2n) is 3.03. The molecule has 0 aliphatic rings. The van der Waals surface area contributed by atoms with Crippen LogP contribution in [0.4, 0.5) is 26.3 Å². The predicted octanol–water partition coefficient (Wildman–Crippen LogP) is 3.03. The maximum absolute atomic E-state index is 12.5. The van der Waals surface area contributed by atoms with Crippen molar-refractivity contribution in [2.75, 3.05) is 0 Å². The van der Waals surface area contributed by atoms with Gasteiger partial charge in [-0.25, -0.2) is 0 Å². The number of halogens is 7. The summed E-state index contributed by atoms with van der Waals surface area (Å²) in [5.74, 6) is -2.18. The van der Waals surface area contributed by atoms with Crippen LogP contribution in [-0.4, -0.2) is 11.3 Å². The van der Waals surface area contributed by atoms with E-state index in [-0.39, 0.29) is 6.07 Å². The van der Waals surface area contributed by atoms with Gasteiger partial charge >= 0.3 is 12.5 Å². The van der Waals surface area contributed by atoms with Crippen LogP contribution in [0.3, 0.4) is 0 Å². The molecule has 0 saturated carbocycles. The highest BCUT2D eigenvalue weighted by Gasteiger charge is 2.39. The molecule has 0 bridgehead atoms. The zero-order valence-corrected chi connectivity index (χ0v) is 9.00. The fourth-order valence-corrected chi connectivity index (χ4v) is 1.42. The van der Waals surface area contributed by atoms with Crippen molar-refractivity contribution in [3.8, 4) is 5.75 Å². The monoisotopic (exact) mass is 295 g/mol. The van der Waals surface area contributed by atoms with Gasteiger partial charge in [-0.2, -0.15) is 13.2 Å². The van der Waals surface area contributed by atoms with Crippen molar-refractivity contribution >= 4 is 11.6 Å². The Hall–Kier alpha value is -1.38. The molecular weight excluding hydrogens is 292 g/mol. The van der Waals surface area contributed by atoms with Gasteiger partial charge in [0.2, 0.25) is 0 Å². The Morgan fingerprint density at radius 1 is 1.22 bits per heavy atom. The first-order valence-electron chi connectivity index (χ1n) is 4.19. The number of alkyl halides is 7. The van der Waals surface area contributed by atoms with Crippen LogP contribution in [0.1, 0.15) is 11.3 Å². The van der Waals surface area contributed by atoms with E-state index in [0.717, 1.165) is 0 Å². The summed E-state index contributed by atoms with van der Waals surface area (Å²) < 4.78 is 76.6. The molecule has 0 spiro atoms. The van der Waals surface area contributed by atoms with Crippen LogP contribution >= 0.6 is 11.6 Å². The van der Waals surface area contributed by atoms with Gasteiger partial charge in [-0.1, -0.05) is 0 Å². The molecule has 0 atom stereocenters. The van der Waals surface area contributed by atoms with E-state index in [1.165, 1.54) is 4.98 Å². The summed E-state index contributed by atoms with van der Waals surface area (Å²) >= 11 is 5.16. The SMILES string of the molecule is O=c1cc(OC(F)(F)F)c(CCl)c(C(F)(F)F)[nH]1. The number of rotatable bonds is 2. The Morgan fingerprint density at radius 3 is 2.17 bits per heavy atom. The first-order valence-corrected chi connectivity index (χ1v) is 4.73. The third-order valence-corrected chi connectivity index (χ3v) is 2.02. The summed E-state index contributed by atoms with van der Waals surface area (Å²) in [5.41, 5.74) is -4.03. The highest BCUT2D eigenvalue weighted by atomic mass is 35.5. The molecule has 1 heterocycles. The van der Waals surface area contributed by atoms with E-state index in [4.69, 9.17) is 11.6 Å². The van der Waals surface area contributed by atoms with Crippen molar-refractivity contribution in [1.82, 2.24) is 4.98 Å². The molecule has 1 aromatic heterocycles. The number of nitrogens with one attached hydrogen (secondary N) is 1. The van der Waals surface area contributed by atoms with Gasteiger partial charge in [0.05, 0.1) is 5.88 Å². The largest absolute Gasteiger partial charge is 0.573 e. The molecule has 0 radical (unpaired) electrons. The fraction of sp³-hybridized carbons (Fsp3) is 0.375. The average Bonchev–Trinajstić information content (AvgIpc) is 2.12. The van der Waals surface area contributed by atoms with Crippen molar-refractivity contribution in [3.05, 3.63) is 27.7 Å². The van der Waals surface area contributed by atoms with E-state index in [1.54, 1.807) is 0 Å². The zero-order valence-electron chi connectivity index (χ0n) is 8.25. The fourth-order valence-electron chi connectivity index (χ4n) is 1.15. The minimum atomic E-state index is -5.22. The smallest absolute Gasteiger partial charge is 0.405 e. The van der Waals surface area contributed by atoms with E-state index in [1.807, 2.05) is 0 Å². The molecule has 0 saturated heterocycles. The Labute approximate surface area is 100 Å². The Balaban J connectivity index is 3.44. The van der Waals surface area contributed by atoms with Gasteiger partial charge in [-0.15, -0.1) is 24.8 Å². The highest BCUT2D eigenvalue weighted by Crippen LogP contribution is 2.35. The van der Waals surface area contributed by atoms with Crippen molar-refractivity contribution in [3.63, 3.8) is 0 Å². The minimum Gasteiger partial charge on any atom is -0.405 e. The number of pyridine rings is 1. The molecule has 1 rings (SSSR count). The second-order valence-corrected chi connectivity index (χ2v) is 3.30. The van der Waals surface area contributed by atoms with Crippen molar-refractivity contribution in [2.24, 2.45) is 0 Å². The minimum absolute atomic E-state index is 0.250. The standard InChI is InChI=1S/C8H4ClF6NO2/c9-2-3-4(18-8(13,14)15)1-5(17)16-6(3)7(10,11)12/h1H,2H2,(H,16,17). The molecule has 18 heavy (non-hydrogen) atoms. The van der Waals surface area contributed by atoms with Crippen LogP contribution in [-0.2, 0) is 12.1 Å². The number of hydrogen-bond donors (Lipinski definition) is 1. The van der Waals surface area contributed by atoms with Crippen LogP contribution in [0.2, 0.25) is 0 Å². The maximum atomic E-state index is 12.5. The van der Waals surface area contributed by atoms with E-state index in [2.05, 4.69) is 4.74 Å². The van der Waals surface area contributed by atoms with E-state index in [9.17, 15) is 31.1 Å². The third kappa shape index (κ3) is 3.56. The lowest BCUT2D eigenvalue weighted by Crippen LogP contribution is -2.24. The molecule has 0 fully saturated rings.